The molecule has 3 rings (SSSR count). The number of aromatic nitrogens is 2. The minimum absolute atomic E-state index is 0.186. The molecule has 3 nitrogen and oxygen atoms in total. The van der Waals surface area contributed by atoms with Crippen molar-refractivity contribution in [2.24, 2.45) is 0 Å². The van der Waals surface area contributed by atoms with Gasteiger partial charge in [0.05, 0.1) is 21.9 Å². The summed E-state index contributed by atoms with van der Waals surface area (Å²) in [6, 6.07) is 12.9. The second kappa shape index (κ2) is 6.55. The van der Waals surface area contributed by atoms with Gasteiger partial charge >= 0.3 is 0 Å². The van der Waals surface area contributed by atoms with Gasteiger partial charge in [0, 0.05) is 22.8 Å². The van der Waals surface area contributed by atoms with E-state index in [2.05, 4.69) is 60.7 Å². The number of nitrogens with zero attached hydrogens (tertiary/aromatic N) is 2. The second-order valence-electron chi connectivity index (χ2n) is 5.56. The molecule has 0 bridgehead atoms. The summed E-state index contributed by atoms with van der Waals surface area (Å²) in [5.74, 6) is 0. The predicted molar refractivity (Wildman–Crippen MR) is 93.2 cm³/mol. The van der Waals surface area contributed by atoms with Crippen molar-refractivity contribution in [3.05, 3.63) is 58.2 Å². The fraction of sp³-hybridized carbons (Fsp3) is 0.333. The van der Waals surface area contributed by atoms with Gasteiger partial charge in [0.15, 0.2) is 0 Å². The van der Waals surface area contributed by atoms with Crippen molar-refractivity contribution in [3.63, 3.8) is 0 Å². The third-order valence-electron chi connectivity index (χ3n) is 3.88. The van der Waals surface area contributed by atoms with E-state index in [1.54, 1.807) is 11.3 Å². The van der Waals surface area contributed by atoms with Gasteiger partial charge in [-0.25, -0.2) is 4.98 Å². The Morgan fingerprint density at radius 2 is 1.77 bits per heavy atom. The maximum Gasteiger partial charge on any atom is 0.0926 e. The number of hydrogen-bond acceptors (Lipinski definition) is 4. The Labute approximate surface area is 135 Å². The molecule has 0 radical (unpaired) electrons. The molecule has 2 aromatic heterocycles. The van der Waals surface area contributed by atoms with Crippen molar-refractivity contribution in [3.8, 4) is 0 Å². The number of thiazole rings is 1. The molecule has 3 aromatic rings. The number of aryl methyl sites for hydroxylation is 1. The molecule has 0 fully saturated rings. The SMILES string of the molecule is CCc1nc([C@H](C)N[C@H](C)c2ccc3ccccc3n2)cs1. The maximum absolute atomic E-state index is 4.76. The van der Waals surface area contributed by atoms with E-state index in [0.29, 0.717) is 0 Å². The highest BCUT2D eigenvalue weighted by Gasteiger charge is 2.14. The van der Waals surface area contributed by atoms with Gasteiger partial charge in [-0.2, -0.15) is 0 Å². The lowest BCUT2D eigenvalue weighted by molar-refractivity contribution is 0.480. The Hall–Kier alpha value is -1.78. The minimum atomic E-state index is 0.186. The Morgan fingerprint density at radius 1 is 1.00 bits per heavy atom. The third kappa shape index (κ3) is 3.18. The van der Waals surface area contributed by atoms with E-state index in [0.717, 1.165) is 23.3 Å². The van der Waals surface area contributed by atoms with Crippen molar-refractivity contribution in [1.29, 1.82) is 0 Å². The Kier molecular flexibility index (Phi) is 4.50. The van der Waals surface area contributed by atoms with Gasteiger partial charge in [0.2, 0.25) is 0 Å². The van der Waals surface area contributed by atoms with Crippen LogP contribution in [0.3, 0.4) is 0 Å². The van der Waals surface area contributed by atoms with Crippen LogP contribution in [0.4, 0.5) is 0 Å². The molecule has 0 spiro atoms. The summed E-state index contributed by atoms with van der Waals surface area (Å²) in [7, 11) is 0. The number of benzene rings is 1. The first-order chi connectivity index (χ1) is 10.7. The Bertz CT molecular complexity index is 766. The van der Waals surface area contributed by atoms with E-state index >= 15 is 0 Å². The molecule has 0 saturated heterocycles. The Morgan fingerprint density at radius 3 is 2.55 bits per heavy atom. The van der Waals surface area contributed by atoms with Crippen LogP contribution < -0.4 is 5.32 Å². The topological polar surface area (TPSA) is 37.8 Å². The van der Waals surface area contributed by atoms with Crippen LogP contribution in [0.25, 0.3) is 10.9 Å². The van der Waals surface area contributed by atoms with E-state index in [1.165, 1.54) is 10.4 Å². The van der Waals surface area contributed by atoms with Crippen LogP contribution in [0.1, 0.15) is 49.3 Å². The molecule has 0 amide bonds. The third-order valence-corrected chi connectivity index (χ3v) is 4.89. The van der Waals surface area contributed by atoms with Gasteiger partial charge in [-0.1, -0.05) is 31.2 Å². The average molecular weight is 311 g/mol. The highest BCUT2D eigenvalue weighted by molar-refractivity contribution is 7.09. The molecule has 1 aromatic carbocycles. The summed E-state index contributed by atoms with van der Waals surface area (Å²) < 4.78 is 0. The van der Waals surface area contributed by atoms with E-state index < -0.39 is 0 Å². The smallest absolute Gasteiger partial charge is 0.0926 e. The first-order valence-electron chi connectivity index (χ1n) is 7.73. The molecule has 0 saturated carbocycles. The summed E-state index contributed by atoms with van der Waals surface area (Å²) >= 11 is 1.74. The lowest BCUT2D eigenvalue weighted by atomic mass is 10.1. The summed E-state index contributed by atoms with van der Waals surface area (Å²) in [6.07, 6.45) is 0.999. The average Bonchev–Trinajstić information content (AvgIpc) is 3.03. The summed E-state index contributed by atoms with van der Waals surface area (Å²) in [6.45, 7) is 6.45. The van der Waals surface area contributed by atoms with Crippen LogP contribution in [-0.2, 0) is 6.42 Å². The fourth-order valence-electron chi connectivity index (χ4n) is 2.56. The molecule has 114 valence electrons. The van der Waals surface area contributed by atoms with Crippen LogP contribution in [0.2, 0.25) is 0 Å². The van der Waals surface area contributed by atoms with E-state index in [9.17, 15) is 0 Å². The molecule has 2 atom stereocenters. The van der Waals surface area contributed by atoms with Crippen LogP contribution in [0, 0.1) is 0 Å². The lowest BCUT2D eigenvalue weighted by Crippen LogP contribution is -2.23. The van der Waals surface area contributed by atoms with Crippen molar-refractivity contribution < 1.29 is 0 Å². The number of pyridine rings is 1. The van der Waals surface area contributed by atoms with Gasteiger partial charge in [-0.3, -0.25) is 4.98 Å². The quantitative estimate of drug-likeness (QED) is 0.744. The zero-order valence-corrected chi connectivity index (χ0v) is 14.0. The lowest BCUT2D eigenvalue weighted by Gasteiger charge is -2.18. The first kappa shape index (κ1) is 15.1. The normalized spacial score (nSPS) is 14.1. The molecule has 22 heavy (non-hydrogen) atoms. The molecule has 1 N–H and O–H groups in total. The van der Waals surface area contributed by atoms with Gasteiger partial charge in [-0.05, 0) is 32.4 Å². The van der Waals surface area contributed by atoms with Crippen LogP contribution in [0.5, 0.6) is 0 Å². The highest BCUT2D eigenvalue weighted by Crippen LogP contribution is 2.22. The monoisotopic (exact) mass is 311 g/mol. The van der Waals surface area contributed by atoms with Crippen molar-refractivity contribution in [2.45, 2.75) is 39.3 Å². The van der Waals surface area contributed by atoms with Crippen LogP contribution >= 0.6 is 11.3 Å². The van der Waals surface area contributed by atoms with E-state index in [-0.39, 0.29) is 12.1 Å². The van der Waals surface area contributed by atoms with Crippen molar-refractivity contribution in [2.75, 3.05) is 0 Å². The Balaban J connectivity index is 1.75. The maximum atomic E-state index is 4.76. The number of fused-ring (bicyclic) bond motifs is 1. The number of hydrogen-bond donors (Lipinski definition) is 1. The van der Waals surface area contributed by atoms with Crippen molar-refractivity contribution >= 4 is 22.2 Å². The van der Waals surface area contributed by atoms with Crippen LogP contribution in [-0.4, -0.2) is 9.97 Å². The molecular formula is C18H21N3S. The van der Waals surface area contributed by atoms with E-state index in [1.807, 2.05) is 12.1 Å². The highest BCUT2D eigenvalue weighted by atomic mass is 32.1. The molecular weight excluding hydrogens is 290 g/mol. The predicted octanol–water partition coefficient (Wildman–Crippen LogP) is 4.67. The van der Waals surface area contributed by atoms with Gasteiger partial charge in [-0.15, -0.1) is 11.3 Å². The molecule has 0 aliphatic rings. The van der Waals surface area contributed by atoms with Gasteiger partial charge < -0.3 is 5.32 Å². The molecule has 2 heterocycles. The van der Waals surface area contributed by atoms with E-state index in [4.69, 9.17) is 4.98 Å². The second-order valence-corrected chi connectivity index (χ2v) is 6.50. The van der Waals surface area contributed by atoms with Crippen molar-refractivity contribution in [1.82, 2.24) is 15.3 Å². The number of nitrogens with one attached hydrogen (secondary N) is 1. The summed E-state index contributed by atoms with van der Waals surface area (Å²) in [5.41, 5.74) is 3.23. The zero-order valence-electron chi connectivity index (χ0n) is 13.2. The van der Waals surface area contributed by atoms with Crippen LogP contribution in [0.15, 0.2) is 41.8 Å². The number of para-hydroxylation sites is 1. The van der Waals surface area contributed by atoms with Gasteiger partial charge in [0.1, 0.15) is 0 Å². The number of rotatable bonds is 5. The molecule has 4 heteroatoms. The summed E-state index contributed by atoms with van der Waals surface area (Å²) in [4.78, 5) is 9.42. The minimum Gasteiger partial charge on any atom is -0.301 e. The summed E-state index contributed by atoms with van der Waals surface area (Å²) in [5, 5.41) is 8.12. The molecule has 0 aliphatic carbocycles. The molecule has 0 aliphatic heterocycles. The first-order valence-corrected chi connectivity index (χ1v) is 8.61. The molecule has 0 unspecified atom stereocenters. The largest absolute Gasteiger partial charge is 0.301 e. The fourth-order valence-corrected chi connectivity index (χ4v) is 3.39. The van der Waals surface area contributed by atoms with Gasteiger partial charge in [0.25, 0.3) is 0 Å². The zero-order chi connectivity index (χ0) is 15.5. The standard InChI is InChI=1S/C18H21N3S/c1-4-18-21-17(11-22-18)13(3)19-12(2)15-10-9-14-7-5-6-8-16(14)20-15/h5-13,19H,4H2,1-3H3/t12-,13+/m1/s1.